The fraction of sp³-hybridized carbons (Fsp3) is 0.214. The van der Waals surface area contributed by atoms with Gasteiger partial charge in [-0.3, -0.25) is 9.59 Å². The monoisotopic (exact) mass is 516 g/mol. The van der Waals surface area contributed by atoms with Gasteiger partial charge in [0.1, 0.15) is 16.8 Å². The first kappa shape index (κ1) is 24.7. The Labute approximate surface area is 218 Å². The number of carbonyl (C=O) groups excluding carboxylic acids is 2. The number of aryl methyl sites for hydroxylation is 1. The van der Waals surface area contributed by atoms with Gasteiger partial charge < -0.3 is 10.1 Å². The normalized spacial score (nSPS) is 19.0. The fourth-order valence-electron chi connectivity index (χ4n) is 4.21. The molecule has 9 heteroatoms. The maximum absolute atomic E-state index is 13.1. The van der Waals surface area contributed by atoms with Crippen molar-refractivity contribution in [2.24, 2.45) is 10.1 Å². The number of nitrogens with one attached hydrogen (secondary N) is 1. The van der Waals surface area contributed by atoms with Crippen LogP contribution in [0.2, 0.25) is 0 Å². The van der Waals surface area contributed by atoms with Crippen LogP contribution in [0.15, 0.2) is 82.9 Å². The van der Waals surface area contributed by atoms with Crippen molar-refractivity contribution in [1.29, 1.82) is 0 Å². The Morgan fingerprint density at radius 2 is 1.78 bits per heavy atom. The summed E-state index contributed by atoms with van der Waals surface area (Å²) >= 11 is 1.24. The smallest absolute Gasteiger partial charge is 0.262 e. The highest BCUT2D eigenvalue weighted by Crippen LogP contribution is 2.38. The summed E-state index contributed by atoms with van der Waals surface area (Å²) in [5, 5.41) is 9.18. The Bertz CT molecular complexity index is 1370. The molecule has 2 aliphatic heterocycles. The van der Waals surface area contributed by atoms with Gasteiger partial charge in [0.05, 0.1) is 18.9 Å². The van der Waals surface area contributed by atoms with Crippen LogP contribution in [0.1, 0.15) is 35.6 Å². The first-order valence-electron chi connectivity index (χ1n) is 11.8. The lowest BCUT2D eigenvalue weighted by molar-refractivity contribution is -0.121. The molecular formula is C28H25FN4O3S. The maximum Gasteiger partial charge on any atom is 0.262 e. The van der Waals surface area contributed by atoms with Crippen LogP contribution >= 0.6 is 11.8 Å². The van der Waals surface area contributed by atoms with Gasteiger partial charge in [0.25, 0.3) is 5.91 Å². The Kier molecular flexibility index (Phi) is 7.05. The number of amides is 2. The molecular weight excluding hydrogens is 491 g/mol. The number of halogens is 1. The number of methoxy groups -OCH3 is 1. The van der Waals surface area contributed by atoms with Gasteiger partial charge >= 0.3 is 0 Å². The number of aliphatic imine (C=N–C) groups is 1. The van der Waals surface area contributed by atoms with Crippen LogP contribution in [0, 0.1) is 12.7 Å². The summed E-state index contributed by atoms with van der Waals surface area (Å²) in [5.74, 6) is -0.337. The summed E-state index contributed by atoms with van der Waals surface area (Å²) < 4.78 is 18.4. The molecule has 0 bridgehead atoms. The minimum Gasteiger partial charge on any atom is -0.497 e. The molecule has 2 atom stereocenters. The third-order valence-corrected chi connectivity index (χ3v) is 7.36. The topological polar surface area (TPSA) is 83.4 Å². The Hall–Kier alpha value is -3.98. The zero-order valence-corrected chi connectivity index (χ0v) is 21.2. The van der Waals surface area contributed by atoms with E-state index in [1.165, 1.54) is 36.0 Å². The molecule has 188 valence electrons. The first-order chi connectivity index (χ1) is 17.9. The van der Waals surface area contributed by atoms with Gasteiger partial charge in [-0.15, -0.1) is 0 Å². The van der Waals surface area contributed by atoms with Crippen LogP contribution in [-0.4, -0.2) is 40.1 Å². The third kappa shape index (κ3) is 5.56. The SMILES string of the molecule is COc1ccc(C2=NN(C3=NC(=O)[C@@H](CC(=O)Nc4ccc(F)cc4)S3)[C@H](c3ccc(C)cc3)C2)cc1. The standard InChI is InChI=1S/C28H25FN4O3S/c1-17-3-5-19(6-4-17)24-15-23(18-7-13-22(36-2)14-8-18)32-33(24)28-31-27(35)25(37-28)16-26(34)30-21-11-9-20(29)10-12-21/h3-14,24-25H,15-16H2,1-2H3,(H,30,34)/t24-,25+/m0/s1. The van der Waals surface area contributed by atoms with Gasteiger partial charge in [-0.1, -0.05) is 41.6 Å². The fourth-order valence-corrected chi connectivity index (χ4v) is 5.27. The van der Waals surface area contributed by atoms with E-state index >= 15 is 0 Å². The molecule has 0 unspecified atom stereocenters. The molecule has 0 spiro atoms. The van der Waals surface area contributed by atoms with Crippen LogP contribution in [0.25, 0.3) is 0 Å². The third-order valence-electron chi connectivity index (χ3n) is 6.22. The highest BCUT2D eigenvalue weighted by Gasteiger charge is 2.39. The molecule has 7 nitrogen and oxygen atoms in total. The van der Waals surface area contributed by atoms with E-state index in [0.29, 0.717) is 17.3 Å². The number of hydrogen-bond donors (Lipinski definition) is 1. The van der Waals surface area contributed by atoms with E-state index in [2.05, 4.69) is 34.6 Å². The van der Waals surface area contributed by atoms with Crippen LogP contribution in [-0.2, 0) is 9.59 Å². The number of ether oxygens (including phenoxy) is 1. The summed E-state index contributed by atoms with van der Waals surface area (Å²) in [6.45, 7) is 2.03. The highest BCUT2D eigenvalue weighted by molar-refractivity contribution is 8.15. The second kappa shape index (κ2) is 10.6. The lowest BCUT2D eigenvalue weighted by Crippen LogP contribution is -2.25. The van der Waals surface area contributed by atoms with Crippen LogP contribution in [0.4, 0.5) is 10.1 Å². The molecule has 5 rings (SSSR count). The number of carbonyl (C=O) groups is 2. The minimum absolute atomic E-state index is 0.0496. The van der Waals surface area contributed by atoms with Gasteiger partial charge in [-0.2, -0.15) is 10.1 Å². The van der Waals surface area contributed by atoms with Gasteiger partial charge in [0.15, 0.2) is 5.17 Å². The van der Waals surface area contributed by atoms with Crippen molar-refractivity contribution in [3.8, 4) is 5.75 Å². The van der Waals surface area contributed by atoms with E-state index in [1.54, 1.807) is 12.1 Å². The molecule has 3 aromatic rings. The van der Waals surface area contributed by atoms with Gasteiger partial charge in [-0.25, -0.2) is 9.40 Å². The number of hydrogen-bond acceptors (Lipinski definition) is 6. The van der Waals surface area contributed by atoms with Crippen molar-refractivity contribution in [3.05, 3.63) is 95.3 Å². The highest BCUT2D eigenvalue weighted by atomic mass is 32.2. The molecule has 0 fully saturated rings. The van der Waals surface area contributed by atoms with E-state index in [0.717, 1.165) is 28.2 Å². The van der Waals surface area contributed by atoms with Crippen LogP contribution in [0.5, 0.6) is 5.75 Å². The van der Waals surface area contributed by atoms with Crippen molar-refractivity contribution in [2.45, 2.75) is 31.1 Å². The van der Waals surface area contributed by atoms with Crippen LogP contribution in [0.3, 0.4) is 0 Å². The molecule has 37 heavy (non-hydrogen) atoms. The molecule has 0 saturated heterocycles. The average Bonchev–Trinajstić information content (AvgIpc) is 3.50. The average molecular weight is 517 g/mol. The number of anilines is 1. The van der Waals surface area contributed by atoms with E-state index in [-0.39, 0.29) is 30.1 Å². The Balaban J connectivity index is 1.35. The molecule has 2 amide bonds. The maximum atomic E-state index is 13.1. The summed E-state index contributed by atoms with van der Waals surface area (Å²) in [6.07, 6.45) is 0.588. The Morgan fingerprint density at radius 3 is 2.46 bits per heavy atom. The molecule has 1 N–H and O–H groups in total. The first-order valence-corrected chi connectivity index (χ1v) is 12.7. The number of amidine groups is 1. The summed E-state index contributed by atoms with van der Waals surface area (Å²) in [6, 6.07) is 21.3. The van der Waals surface area contributed by atoms with Gasteiger partial charge in [-0.05, 0) is 66.6 Å². The molecule has 2 heterocycles. The van der Waals surface area contributed by atoms with Crippen LogP contribution < -0.4 is 10.1 Å². The minimum atomic E-state index is -0.658. The molecule has 0 aromatic heterocycles. The van der Waals surface area contributed by atoms with E-state index in [4.69, 9.17) is 9.84 Å². The number of nitrogens with zero attached hydrogens (tertiary/aromatic N) is 3. The molecule has 2 aliphatic rings. The van der Waals surface area contributed by atoms with Gasteiger partial charge in [0.2, 0.25) is 5.91 Å². The Morgan fingerprint density at radius 1 is 1.08 bits per heavy atom. The van der Waals surface area contributed by atoms with Crippen molar-refractivity contribution >= 4 is 40.1 Å². The second-order valence-electron chi connectivity index (χ2n) is 8.85. The lowest BCUT2D eigenvalue weighted by atomic mass is 9.98. The van der Waals surface area contributed by atoms with Gasteiger partial charge in [0, 0.05) is 18.5 Å². The summed E-state index contributed by atoms with van der Waals surface area (Å²) in [7, 11) is 1.63. The molecule has 0 saturated carbocycles. The number of hydrazone groups is 1. The zero-order chi connectivity index (χ0) is 25.9. The predicted octanol–water partition coefficient (Wildman–Crippen LogP) is 5.32. The predicted molar refractivity (Wildman–Crippen MR) is 143 cm³/mol. The summed E-state index contributed by atoms with van der Waals surface area (Å²) in [5.41, 5.74) is 4.52. The largest absolute Gasteiger partial charge is 0.497 e. The lowest BCUT2D eigenvalue weighted by Gasteiger charge is -2.23. The summed E-state index contributed by atoms with van der Waals surface area (Å²) in [4.78, 5) is 29.6. The van der Waals surface area contributed by atoms with Crippen molar-refractivity contribution in [2.75, 3.05) is 12.4 Å². The molecule has 0 aliphatic carbocycles. The van der Waals surface area contributed by atoms with E-state index < -0.39 is 5.25 Å². The quantitative estimate of drug-likeness (QED) is 0.480. The molecule has 3 aromatic carbocycles. The van der Waals surface area contributed by atoms with E-state index in [1.807, 2.05) is 31.2 Å². The molecule has 0 radical (unpaired) electrons. The number of thioether (sulfide) groups is 1. The number of rotatable bonds is 6. The van der Waals surface area contributed by atoms with E-state index in [9.17, 15) is 14.0 Å². The van der Waals surface area contributed by atoms with Crippen molar-refractivity contribution in [3.63, 3.8) is 0 Å². The van der Waals surface area contributed by atoms with Crippen molar-refractivity contribution < 1.29 is 18.7 Å². The zero-order valence-electron chi connectivity index (χ0n) is 20.3. The van der Waals surface area contributed by atoms with Crippen molar-refractivity contribution in [1.82, 2.24) is 5.01 Å². The second-order valence-corrected chi connectivity index (χ2v) is 10.0. The number of benzene rings is 3.